The second-order valence-corrected chi connectivity index (χ2v) is 3.12. The maximum absolute atomic E-state index is 11.0. The highest BCUT2D eigenvalue weighted by atomic mass is 16.5. The van der Waals surface area contributed by atoms with Gasteiger partial charge in [0.1, 0.15) is 0 Å². The molecule has 0 spiro atoms. The summed E-state index contributed by atoms with van der Waals surface area (Å²) in [5.74, 6) is 7.72. The summed E-state index contributed by atoms with van der Waals surface area (Å²) >= 11 is 0. The van der Waals surface area contributed by atoms with Gasteiger partial charge in [0.25, 0.3) is 0 Å². The quantitative estimate of drug-likeness (QED) is 0.555. The number of benzene rings is 1. The molecule has 1 atom stereocenters. The molecule has 0 amide bonds. The van der Waals surface area contributed by atoms with Crippen LogP contribution < -0.4 is 0 Å². The van der Waals surface area contributed by atoms with Crippen LogP contribution in [0.2, 0.25) is 0 Å². The van der Waals surface area contributed by atoms with Gasteiger partial charge in [-0.05, 0) is 13.0 Å². The number of carbonyl (C=O) groups is 1. The molecule has 0 radical (unpaired) electrons. The predicted molar refractivity (Wildman–Crippen MR) is 62.3 cm³/mol. The number of hydrogen-bond acceptors (Lipinski definition) is 2. The minimum atomic E-state index is -0.588. The molecule has 0 saturated heterocycles. The highest BCUT2D eigenvalue weighted by molar-refractivity contribution is 5.67. The monoisotopic (exact) mass is 212 g/mol. The van der Waals surface area contributed by atoms with E-state index in [1.165, 1.54) is 6.92 Å². The van der Waals surface area contributed by atoms with E-state index < -0.39 is 6.10 Å². The van der Waals surface area contributed by atoms with Crippen molar-refractivity contribution in [3.8, 4) is 24.2 Å². The average molecular weight is 212 g/mol. The molecule has 0 heterocycles. The summed E-state index contributed by atoms with van der Waals surface area (Å²) in [6, 6.07) is 7.28. The standard InChI is InChI=1S/C14H12O2/c1-4-8-14(16-11(3)15)13-10-7-6-9-12(13)5-2/h2,6-7,9-10,14H,1,3H3. The molecule has 1 unspecified atom stereocenters. The van der Waals surface area contributed by atoms with Crippen LogP contribution in [0.1, 0.15) is 31.1 Å². The molecule has 1 aromatic rings. The third-order valence-corrected chi connectivity index (χ3v) is 1.96. The fraction of sp³-hybridized carbons (Fsp3) is 0.214. The molecule has 0 N–H and O–H groups in total. The van der Waals surface area contributed by atoms with Crippen molar-refractivity contribution >= 4 is 5.97 Å². The molecule has 2 nitrogen and oxygen atoms in total. The molecular weight excluding hydrogens is 200 g/mol. The van der Waals surface area contributed by atoms with Crippen LogP contribution in [0.15, 0.2) is 24.3 Å². The zero-order valence-electron chi connectivity index (χ0n) is 9.28. The maximum Gasteiger partial charge on any atom is 0.304 e. The van der Waals surface area contributed by atoms with Gasteiger partial charge in [0.2, 0.25) is 0 Å². The van der Waals surface area contributed by atoms with Crippen LogP contribution in [0.3, 0.4) is 0 Å². The first kappa shape index (κ1) is 11.9. The van der Waals surface area contributed by atoms with Crippen LogP contribution in [0.5, 0.6) is 0 Å². The molecule has 0 bridgehead atoms. The number of carbonyl (C=O) groups excluding carboxylic acids is 1. The Kier molecular flexibility index (Phi) is 4.18. The Hall–Kier alpha value is -2.19. The summed E-state index contributed by atoms with van der Waals surface area (Å²) in [4.78, 5) is 11.0. The summed E-state index contributed by atoms with van der Waals surface area (Å²) < 4.78 is 5.11. The molecule has 16 heavy (non-hydrogen) atoms. The van der Waals surface area contributed by atoms with Crippen LogP contribution >= 0.6 is 0 Å². The molecular formula is C14H12O2. The van der Waals surface area contributed by atoms with E-state index in [0.717, 1.165) is 5.56 Å². The van der Waals surface area contributed by atoms with Crippen molar-refractivity contribution in [2.75, 3.05) is 0 Å². The first-order valence-corrected chi connectivity index (χ1v) is 4.84. The first-order valence-electron chi connectivity index (χ1n) is 4.84. The predicted octanol–water partition coefficient (Wildman–Crippen LogP) is 2.30. The summed E-state index contributed by atoms with van der Waals surface area (Å²) in [5, 5.41) is 0. The van der Waals surface area contributed by atoms with E-state index in [-0.39, 0.29) is 5.97 Å². The van der Waals surface area contributed by atoms with E-state index in [9.17, 15) is 4.79 Å². The minimum Gasteiger partial charge on any atom is -0.444 e. The molecule has 80 valence electrons. The van der Waals surface area contributed by atoms with Gasteiger partial charge < -0.3 is 4.74 Å². The van der Waals surface area contributed by atoms with E-state index in [0.29, 0.717) is 5.56 Å². The first-order chi connectivity index (χ1) is 7.69. The third kappa shape index (κ3) is 2.90. The van der Waals surface area contributed by atoms with E-state index in [2.05, 4.69) is 17.8 Å². The minimum absolute atomic E-state index is 0.375. The van der Waals surface area contributed by atoms with Gasteiger partial charge in [-0.1, -0.05) is 30.0 Å². The topological polar surface area (TPSA) is 26.3 Å². The van der Waals surface area contributed by atoms with E-state index >= 15 is 0 Å². The van der Waals surface area contributed by atoms with Crippen LogP contribution in [-0.2, 0) is 9.53 Å². The number of rotatable bonds is 2. The smallest absolute Gasteiger partial charge is 0.304 e. The molecule has 0 fully saturated rings. The number of ether oxygens (including phenoxy) is 1. The third-order valence-electron chi connectivity index (χ3n) is 1.96. The van der Waals surface area contributed by atoms with Crippen molar-refractivity contribution in [2.45, 2.75) is 20.0 Å². The Balaban J connectivity index is 3.14. The summed E-state index contributed by atoms with van der Waals surface area (Å²) in [5.41, 5.74) is 1.44. The van der Waals surface area contributed by atoms with Crippen LogP contribution in [-0.4, -0.2) is 5.97 Å². The lowest BCUT2D eigenvalue weighted by molar-refractivity contribution is -0.144. The van der Waals surface area contributed by atoms with E-state index in [4.69, 9.17) is 11.2 Å². The lowest BCUT2D eigenvalue weighted by Gasteiger charge is -2.12. The van der Waals surface area contributed by atoms with Crippen molar-refractivity contribution in [1.29, 1.82) is 0 Å². The Morgan fingerprint density at radius 3 is 2.69 bits per heavy atom. The lowest BCUT2D eigenvalue weighted by atomic mass is 10.0. The fourth-order valence-electron chi connectivity index (χ4n) is 1.32. The molecule has 1 aromatic carbocycles. The fourth-order valence-corrected chi connectivity index (χ4v) is 1.32. The van der Waals surface area contributed by atoms with Crippen LogP contribution in [0.4, 0.5) is 0 Å². The van der Waals surface area contributed by atoms with Crippen LogP contribution in [0, 0.1) is 24.2 Å². The highest BCUT2D eigenvalue weighted by Gasteiger charge is 2.14. The molecule has 2 heteroatoms. The Morgan fingerprint density at radius 2 is 2.12 bits per heavy atom. The summed E-state index contributed by atoms with van der Waals surface area (Å²) in [6.07, 6.45) is 4.79. The number of esters is 1. The van der Waals surface area contributed by atoms with Gasteiger partial charge in [0, 0.05) is 18.1 Å². The average Bonchev–Trinajstić information content (AvgIpc) is 2.28. The molecule has 0 aromatic heterocycles. The van der Waals surface area contributed by atoms with Crippen molar-refractivity contribution in [2.24, 2.45) is 0 Å². The van der Waals surface area contributed by atoms with Gasteiger partial charge in [-0.25, -0.2) is 0 Å². The summed E-state index contributed by atoms with van der Waals surface area (Å²) in [6.45, 7) is 3.04. The van der Waals surface area contributed by atoms with Crippen molar-refractivity contribution < 1.29 is 9.53 Å². The largest absolute Gasteiger partial charge is 0.444 e. The second-order valence-electron chi connectivity index (χ2n) is 3.12. The second kappa shape index (κ2) is 5.63. The van der Waals surface area contributed by atoms with Crippen LogP contribution in [0.25, 0.3) is 0 Å². The maximum atomic E-state index is 11.0. The molecule has 0 aliphatic heterocycles. The van der Waals surface area contributed by atoms with E-state index in [1.807, 2.05) is 18.2 Å². The van der Waals surface area contributed by atoms with Crippen molar-refractivity contribution in [1.82, 2.24) is 0 Å². The van der Waals surface area contributed by atoms with Gasteiger partial charge in [-0.2, -0.15) is 0 Å². The number of hydrogen-bond donors (Lipinski definition) is 0. The highest BCUT2D eigenvalue weighted by Crippen LogP contribution is 2.20. The van der Waals surface area contributed by atoms with Gasteiger partial charge in [-0.15, -0.1) is 12.3 Å². The molecule has 0 aliphatic rings. The molecule has 0 saturated carbocycles. The van der Waals surface area contributed by atoms with Gasteiger partial charge in [0.05, 0.1) is 0 Å². The Bertz CT molecular complexity index is 483. The Morgan fingerprint density at radius 1 is 1.44 bits per heavy atom. The van der Waals surface area contributed by atoms with Gasteiger partial charge in [0.15, 0.2) is 6.10 Å². The van der Waals surface area contributed by atoms with Gasteiger partial charge in [-0.3, -0.25) is 4.79 Å². The lowest BCUT2D eigenvalue weighted by Crippen LogP contribution is -2.08. The zero-order valence-corrected chi connectivity index (χ0v) is 9.28. The van der Waals surface area contributed by atoms with Gasteiger partial charge >= 0.3 is 5.97 Å². The van der Waals surface area contributed by atoms with E-state index in [1.54, 1.807) is 13.0 Å². The Labute approximate surface area is 95.6 Å². The number of terminal acetylenes is 1. The normalized spacial score (nSPS) is 10.6. The summed E-state index contributed by atoms with van der Waals surface area (Å²) in [7, 11) is 0. The molecule has 1 rings (SSSR count). The van der Waals surface area contributed by atoms with Crippen molar-refractivity contribution in [3.63, 3.8) is 0 Å². The SMILES string of the molecule is C#Cc1ccccc1C(C#CC)OC(C)=O. The van der Waals surface area contributed by atoms with Crippen molar-refractivity contribution in [3.05, 3.63) is 35.4 Å². The molecule has 0 aliphatic carbocycles. The zero-order chi connectivity index (χ0) is 12.0.